The minimum atomic E-state index is -3.78. The van der Waals surface area contributed by atoms with Crippen LogP contribution in [0.25, 0.3) is 0 Å². The zero-order valence-corrected chi connectivity index (χ0v) is 19.2. The van der Waals surface area contributed by atoms with Crippen LogP contribution in [0.1, 0.15) is 36.9 Å². The number of ether oxygens (including phenoxy) is 1. The van der Waals surface area contributed by atoms with Crippen LogP contribution in [-0.2, 0) is 14.8 Å². The van der Waals surface area contributed by atoms with Gasteiger partial charge in [0.25, 0.3) is 10.0 Å². The van der Waals surface area contributed by atoms with Crippen LogP contribution in [0.5, 0.6) is 5.75 Å². The van der Waals surface area contributed by atoms with E-state index in [1.54, 1.807) is 50.4 Å². The van der Waals surface area contributed by atoms with E-state index in [2.05, 4.69) is 9.82 Å². The van der Waals surface area contributed by atoms with E-state index in [0.29, 0.717) is 35.6 Å². The number of anilines is 1. The molecule has 1 amide bonds. The molecule has 1 N–H and O–H groups in total. The van der Waals surface area contributed by atoms with Crippen LogP contribution in [0.3, 0.4) is 0 Å². The molecule has 0 spiro atoms. The van der Waals surface area contributed by atoms with Crippen molar-refractivity contribution in [1.29, 1.82) is 0 Å². The van der Waals surface area contributed by atoms with Crippen molar-refractivity contribution in [3.63, 3.8) is 0 Å². The molecule has 0 bridgehead atoms. The number of nitrogens with zero attached hydrogens (tertiary/aromatic N) is 2. The smallest absolute Gasteiger partial charge is 0.261 e. The number of benzene rings is 3. The Balaban J connectivity index is 1.72. The molecule has 0 radical (unpaired) electrons. The first-order valence-corrected chi connectivity index (χ1v) is 12.1. The third kappa shape index (κ3) is 4.61. The number of para-hydroxylation sites is 2. The Labute approximate surface area is 193 Å². The molecule has 1 atom stereocenters. The van der Waals surface area contributed by atoms with E-state index >= 15 is 0 Å². The second-order valence-electron chi connectivity index (χ2n) is 7.56. The summed E-state index contributed by atoms with van der Waals surface area (Å²) in [7, 11) is -2.19. The van der Waals surface area contributed by atoms with E-state index in [1.807, 2.05) is 30.3 Å². The second kappa shape index (κ2) is 9.46. The number of hydrogen-bond donors (Lipinski definition) is 1. The Kier molecular flexibility index (Phi) is 6.46. The highest BCUT2D eigenvalue weighted by molar-refractivity contribution is 7.92. The van der Waals surface area contributed by atoms with Crippen LogP contribution in [-0.4, -0.2) is 32.2 Å². The summed E-state index contributed by atoms with van der Waals surface area (Å²) in [4.78, 5) is 12.9. The van der Waals surface area contributed by atoms with E-state index in [9.17, 15) is 13.2 Å². The van der Waals surface area contributed by atoms with E-state index in [1.165, 1.54) is 17.1 Å². The molecule has 170 valence electrons. The summed E-state index contributed by atoms with van der Waals surface area (Å²) < 4.78 is 34.0. The fourth-order valence-corrected chi connectivity index (χ4v) is 4.98. The van der Waals surface area contributed by atoms with Gasteiger partial charge in [-0.05, 0) is 24.3 Å². The molecule has 1 aliphatic heterocycles. The van der Waals surface area contributed by atoms with Crippen molar-refractivity contribution in [3.05, 3.63) is 90.0 Å². The van der Waals surface area contributed by atoms with Gasteiger partial charge in [0.1, 0.15) is 5.75 Å². The van der Waals surface area contributed by atoms with Gasteiger partial charge in [-0.3, -0.25) is 9.52 Å². The molecular formula is C25H25N3O4S. The van der Waals surface area contributed by atoms with Crippen molar-refractivity contribution in [2.24, 2.45) is 5.10 Å². The van der Waals surface area contributed by atoms with Crippen LogP contribution in [0.4, 0.5) is 5.69 Å². The topological polar surface area (TPSA) is 88.1 Å². The lowest BCUT2D eigenvalue weighted by atomic mass is 9.97. The summed E-state index contributed by atoms with van der Waals surface area (Å²) in [6.45, 7) is 1.79. The molecule has 1 unspecified atom stereocenters. The number of hydrazone groups is 1. The first kappa shape index (κ1) is 22.5. The van der Waals surface area contributed by atoms with Crippen LogP contribution >= 0.6 is 0 Å². The highest BCUT2D eigenvalue weighted by Gasteiger charge is 2.35. The van der Waals surface area contributed by atoms with Gasteiger partial charge < -0.3 is 4.74 Å². The number of carbonyl (C=O) groups excluding carboxylic acids is 1. The Hall–Kier alpha value is -3.65. The van der Waals surface area contributed by atoms with Crippen molar-refractivity contribution >= 4 is 27.3 Å². The lowest BCUT2D eigenvalue weighted by Gasteiger charge is -2.23. The van der Waals surface area contributed by atoms with Gasteiger partial charge in [0.2, 0.25) is 5.91 Å². The molecule has 1 heterocycles. The standard InChI is InChI=1S/C25H25N3O4S/c1-3-25(29)28-23(20-14-8-10-16-24(20)32-2)17-22(26-28)19-13-7-9-15-21(19)27-33(30,31)18-11-5-4-6-12-18/h4-16,23,27H,3,17H2,1-2H3. The average Bonchev–Trinajstić information content (AvgIpc) is 3.29. The van der Waals surface area contributed by atoms with Gasteiger partial charge >= 0.3 is 0 Å². The molecule has 8 heteroatoms. The zero-order valence-electron chi connectivity index (χ0n) is 18.4. The van der Waals surface area contributed by atoms with Gasteiger partial charge in [-0.1, -0.05) is 61.5 Å². The van der Waals surface area contributed by atoms with Gasteiger partial charge in [-0.2, -0.15) is 5.10 Å². The van der Waals surface area contributed by atoms with E-state index in [-0.39, 0.29) is 16.8 Å². The lowest BCUT2D eigenvalue weighted by molar-refractivity contribution is -0.132. The molecule has 3 aromatic carbocycles. The summed E-state index contributed by atoms with van der Waals surface area (Å²) >= 11 is 0. The van der Waals surface area contributed by atoms with E-state index < -0.39 is 10.0 Å². The Morgan fingerprint density at radius 1 is 1.03 bits per heavy atom. The second-order valence-corrected chi connectivity index (χ2v) is 9.25. The Bertz CT molecular complexity index is 1290. The highest BCUT2D eigenvalue weighted by atomic mass is 32.2. The number of hydrogen-bond acceptors (Lipinski definition) is 5. The van der Waals surface area contributed by atoms with Crippen LogP contribution < -0.4 is 9.46 Å². The Morgan fingerprint density at radius 3 is 2.42 bits per heavy atom. The maximum Gasteiger partial charge on any atom is 0.261 e. The van der Waals surface area contributed by atoms with Crippen molar-refractivity contribution in [3.8, 4) is 5.75 Å². The molecule has 33 heavy (non-hydrogen) atoms. The minimum absolute atomic E-state index is 0.122. The first-order valence-electron chi connectivity index (χ1n) is 10.6. The van der Waals surface area contributed by atoms with Gasteiger partial charge in [0.15, 0.2) is 0 Å². The zero-order chi connectivity index (χ0) is 23.4. The SMILES string of the molecule is CCC(=O)N1N=C(c2ccccc2NS(=O)(=O)c2ccccc2)CC1c1ccccc1OC. The minimum Gasteiger partial charge on any atom is -0.496 e. The summed E-state index contributed by atoms with van der Waals surface area (Å²) in [6, 6.07) is 22.5. The molecule has 0 fully saturated rings. The molecule has 0 aromatic heterocycles. The van der Waals surface area contributed by atoms with Gasteiger partial charge in [-0.15, -0.1) is 0 Å². The van der Waals surface area contributed by atoms with Crippen LogP contribution in [0, 0.1) is 0 Å². The number of carbonyl (C=O) groups is 1. The predicted molar refractivity (Wildman–Crippen MR) is 128 cm³/mol. The van der Waals surface area contributed by atoms with Crippen molar-refractivity contribution in [2.75, 3.05) is 11.8 Å². The normalized spacial score (nSPS) is 15.8. The largest absolute Gasteiger partial charge is 0.496 e. The first-order chi connectivity index (χ1) is 15.9. The average molecular weight is 464 g/mol. The molecule has 4 rings (SSSR count). The van der Waals surface area contributed by atoms with Gasteiger partial charge in [0, 0.05) is 24.0 Å². The van der Waals surface area contributed by atoms with Crippen molar-refractivity contribution < 1.29 is 17.9 Å². The van der Waals surface area contributed by atoms with Crippen LogP contribution in [0.2, 0.25) is 0 Å². The van der Waals surface area contributed by atoms with Crippen molar-refractivity contribution in [1.82, 2.24) is 5.01 Å². The molecular weight excluding hydrogens is 438 g/mol. The third-order valence-electron chi connectivity index (χ3n) is 5.50. The third-order valence-corrected chi connectivity index (χ3v) is 6.88. The molecule has 0 saturated heterocycles. The van der Waals surface area contributed by atoms with E-state index in [0.717, 1.165) is 5.56 Å². The summed E-state index contributed by atoms with van der Waals surface area (Å²) in [6.07, 6.45) is 0.723. The quantitative estimate of drug-likeness (QED) is 0.555. The lowest BCUT2D eigenvalue weighted by Crippen LogP contribution is -2.26. The number of nitrogens with one attached hydrogen (secondary N) is 1. The van der Waals surface area contributed by atoms with Crippen LogP contribution in [0.15, 0.2) is 88.9 Å². The highest BCUT2D eigenvalue weighted by Crippen LogP contribution is 2.38. The Morgan fingerprint density at radius 2 is 1.70 bits per heavy atom. The summed E-state index contributed by atoms with van der Waals surface area (Å²) in [5.74, 6) is 0.550. The van der Waals surface area contributed by atoms with E-state index in [4.69, 9.17) is 4.74 Å². The molecule has 0 aliphatic carbocycles. The molecule has 7 nitrogen and oxygen atoms in total. The maximum absolute atomic E-state index is 12.9. The predicted octanol–water partition coefficient (Wildman–Crippen LogP) is 4.58. The number of rotatable bonds is 7. The fraction of sp³-hybridized carbons (Fsp3) is 0.200. The number of methoxy groups -OCH3 is 1. The van der Waals surface area contributed by atoms with Gasteiger partial charge in [-0.25, -0.2) is 13.4 Å². The summed E-state index contributed by atoms with van der Waals surface area (Å²) in [5, 5.41) is 6.12. The number of sulfonamides is 1. The molecule has 0 saturated carbocycles. The molecule has 1 aliphatic rings. The fourth-order valence-electron chi connectivity index (χ4n) is 3.88. The molecule has 3 aromatic rings. The number of amides is 1. The summed E-state index contributed by atoms with van der Waals surface area (Å²) in [5.41, 5.74) is 2.51. The van der Waals surface area contributed by atoms with Gasteiger partial charge in [0.05, 0.1) is 29.4 Å². The van der Waals surface area contributed by atoms with Crippen molar-refractivity contribution in [2.45, 2.75) is 30.7 Å². The maximum atomic E-state index is 12.9. The monoisotopic (exact) mass is 463 g/mol.